The second-order valence-electron chi connectivity index (χ2n) is 6.01. The molecule has 1 heterocycles. The Morgan fingerprint density at radius 1 is 0.964 bits per heavy atom. The van der Waals surface area contributed by atoms with Gasteiger partial charge in [-0.3, -0.25) is 25.0 Å². The molecule has 2 aromatic rings. The molecule has 0 spiro atoms. The van der Waals surface area contributed by atoms with Gasteiger partial charge < -0.3 is 10.6 Å². The van der Waals surface area contributed by atoms with E-state index in [4.69, 9.17) is 11.6 Å². The smallest absolute Gasteiger partial charge is 0.284 e. The minimum absolute atomic E-state index is 0.00699. The first kappa shape index (κ1) is 19.3. The molecule has 0 bridgehead atoms. The molecule has 144 valence electrons. The Kier molecular flexibility index (Phi) is 5.55. The van der Waals surface area contributed by atoms with E-state index in [-0.39, 0.29) is 16.7 Å². The van der Waals surface area contributed by atoms with Gasteiger partial charge in [0, 0.05) is 29.7 Å². The van der Waals surface area contributed by atoms with Crippen LogP contribution in [0, 0.1) is 20.2 Å². The van der Waals surface area contributed by atoms with Gasteiger partial charge in [0.1, 0.15) is 5.82 Å². The lowest BCUT2D eigenvalue weighted by atomic mass is 9.94. The molecule has 3 rings (SSSR count). The maximum Gasteiger partial charge on any atom is 0.284 e. The van der Waals surface area contributed by atoms with Gasteiger partial charge in [-0.25, -0.2) is 0 Å². The monoisotopic (exact) mass is 402 g/mol. The molecule has 1 aliphatic rings. The predicted octanol–water partition coefficient (Wildman–Crippen LogP) is 3.29. The fourth-order valence-electron chi connectivity index (χ4n) is 2.87. The van der Waals surface area contributed by atoms with Crippen molar-refractivity contribution in [1.29, 1.82) is 0 Å². The van der Waals surface area contributed by atoms with Gasteiger partial charge in [0.05, 0.1) is 27.0 Å². The van der Waals surface area contributed by atoms with Crippen LogP contribution in [0.1, 0.15) is 22.3 Å². The molecule has 28 heavy (non-hydrogen) atoms. The predicted molar refractivity (Wildman–Crippen MR) is 103 cm³/mol. The topological polar surface area (TPSA) is 127 Å². The summed E-state index contributed by atoms with van der Waals surface area (Å²) in [6, 6.07) is 9.35. The summed E-state index contributed by atoms with van der Waals surface area (Å²) in [5.41, 5.74) is -0.624. The van der Waals surface area contributed by atoms with Crippen molar-refractivity contribution in [3.8, 4) is 0 Å². The maximum atomic E-state index is 13.2. The van der Waals surface area contributed by atoms with Crippen LogP contribution in [0.5, 0.6) is 0 Å². The zero-order valence-corrected chi connectivity index (χ0v) is 15.2. The van der Waals surface area contributed by atoms with Gasteiger partial charge in [-0.2, -0.15) is 0 Å². The molecule has 0 radical (unpaired) electrons. The summed E-state index contributed by atoms with van der Waals surface area (Å²) in [6.07, 6.45) is 0.814. The van der Waals surface area contributed by atoms with E-state index in [1.54, 1.807) is 12.1 Å². The number of benzene rings is 2. The molecule has 0 aromatic heterocycles. The van der Waals surface area contributed by atoms with Crippen LogP contribution in [0.2, 0.25) is 5.02 Å². The highest BCUT2D eigenvalue weighted by molar-refractivity contribution is 6.32. The normalized spacial score (nSPS) is 13.2. The number of Topliss-reactive ketones (excluding diaryl/α,β-unsaturated/α-hetero) is 1. The Morgan fingerprint density at radius 3 is 2.18 bits per heavy atom. The molecule has 1 fully saturated rings. The van der Waals surface area contributed by atoms with Crippen molar-refractivity contribution >= 4 is 34.3 Å². The van der Waals surface area contributed by atoms with E-state index >= 15 is 0 Å². The van der Waals surface area contributed by atoms with Gasteiger partial charge in [0.2, 0.25) is 0 Å². The molecule has 9 nitrogen and oxygen atoms in total. The number of nitro groups is 2. The van der Waals surface area contributed by atoms with Gasteiger partial charge in [-0.15, -0.1) is 0 Å². The van der Waals surface area contributed by atoms with Crippen LogP contribution in [0.4, 0.5) is 11.4 Å². The highest BCUT2D eigenvalue weighted by Crippen LogP contribution is 2.33. The highest BCUT2D eigenvalue weighted by atomic mass is 35.5. The summed E-state index contributed by atoms with van der Waals surface area (Å²) < 4.78 is 0. The summed E-state index contributed by atoms with van der Waals surface area (Å²) in [6.45, 7) is 1.17. The zero-order valence-electron chi connectivity index (χ0n) is 14.5. The zero-order chi connectivity index (χ0) is 20.3. The van der Waals surface area contributed by atoms with Gasteiger partial charge in [-0.1, -0.05) is 11.6 Å². The number of carbonyl (C=O) groups excluding carboxylic acids is 1. The van der Waals surface area contributed by atoms with E-state index in [2.05, 4.69) is 10.6 Å². The molecule has 0 aliphatic carbocycles. The van der Waals surface area contributed by atoms with Gasteiger partial charge in [0.25, 0.3) is 11.4 Å². The first-order chi connectivity index (χ1) is 13.4. The summed E-state index contributed by atoms with van der Waals surface area (Å²) in [5.74, 6) is -0.117. The number of non-ortho nitro benzene ring substituents is 1. The first-order valence-electron chi connectivity index (χ1n) is 8.34. The summed E-state index contributed by atoms with van der Waals surface area (Å²) >= 11 is 5.87. The Bertz CT molecular complexity index is 980. The van der Waals surface area contributed by atoms with Gasteiger partial charge >= 0.3 is 0 Å². The SMILES string of the molecule is O=C(C(=C1NCCCN1)c1ccc([N+](=O)[O-])cc1[N+](=O)[O-])c1ccc(Cl)cc1. The van der Waals surface area contributed by atoms with E-state index < -0.39 is 27.0 Å². The number of hydrogen-bond acceptors (Lipinski definition) is 7. The number of allylic oxidation sites excluding steroid dienone is 1. The Balaban J connectivity index is 2.20. The third kappa shape index (κ3) is 3.94. The van der Waals surface area contributed by atoms with Crippen LogP contribution in [0.15, 0.2) is 48.3 Å². The van der Waals surface area contributed by atoms with Crippen LogP contribution in [0.25, 0.3) is 5.57 Å². The van der Waals surface area contributed by atoms with Gasteiger partial charge in [0.15, 0.2) is 5.78 Å². The van der Waals surface area contributed by atoms with Crippen molar-refractivity contribution in [2.24, 2.45) is 0 Å². The lowest BCUT2D eigenvalue weighted by Crippen LogP contribution is -2.37. The summed E-state index contributed by atoms with van der Waals surface area (Å²) in [4.78, 5) is 34.3. The average Bonchev–Trinajstić information content (AvgIpc) is 2.69. The van der Waals surface area contributed by atoms with E-state index in [0.29, 0.717) is 23.9 Å². The fraction of sp³-hybridized carbons (Fsp3) is 0.167. The molecule has 0 unspecified atom stereocenters. The molecular formula is C18H15ClN4O5. The first-order valence-corrected chi connectivity index (χ1v) is 8.72. The van der Waals surface area contributed by atoms with Crippen molar-refractivity contribution in [3.63, 3.8) is 0 Å². The highest BCUT2D eigenvalue weighted by Gasteiger charge is 2.29. The van der Waals surface area contributed by atoms with Crippen LogP contribution in [-0.2, 0) is 0 Å². The standard InChI is InChI=1S/C18H15ClN4O5/c19-12-4-2-11(3-5-12)17(24)16(18-20-8-1-9-21-18)14-7-6-13(22(25)26)10-15(14)23(27)28/h2-7,10,20-21H,1,8-9H2. The largest absolute Gasteiger partial charge is 0.371 e. The number of halogens is 1. The van der Waals surface area contributed by atoms with Crippen molar-refractivity contribution in [2.45, 2.75) is 6.42 Å². The third-order valence-corrected chi connectivity index (χ3v) is 4.45. The second-order valence-corrected chi connectivity index (χ2v) is 6.45. The number of carbonyl (C=O) groups is 1. The molecular weight excluding hydrogens is 388 g/mol. The lowest BCUT2D eigenvalue weighted by molar-refractivity contribution is -0.394. The van der Waals surface area contributed by atoms with E-state index in [0.717, 1.165) is 18.6 Å². The molecule has 1 aliphatic heterocycles. The van der Waals surface area contributed by atoms with Gasteiger partial charge in [-0.05, 0) is 36.8 Å². The van der Waals surface area contributed by atoms with Crippen LogP contribution < -0.4 is 10.6 Å². The minimum Gasteiger partial charge on any atom is -0.371 e. The summed E-state index contributed by atoms with van der Waals surface area (Å²) in [5, 5.41) is 29.1. The molecule has 2 aromatic carbocycles. The third-order valence-electron chi connectivity index (χ3n) is 4.20. The number of nitrogens with one attached hydrogen (secondary N) is 2. The Labute approximate surface area is 164 Å². The Hall–Kier alpha value is -3.46. The number of rotatable bonds is 5. The minimum atomic E-state index is -0.735. The van der Waals surface area contributed by atoms with E-state index in [1.165, 1.54) is 18.2 Å². The molecule has 10 heteroatoms. The number of hydrogen-bond donors (Lipinski definition) is 2. The van der Waals surface area contributed by atoms with E-state index in [1.807, 2.05) is 0 Å². The van der Waals surface area contributed by atoms with Crippen molar-refractivity contribution in [3.05, 3.63) is 84.7 Å². The van der Waals surface area contributed by atoms with Crippen molar-refractivity contribution in [1.82, 2.24) is 10.6 Å². The Morgan fingerprint density at radius 2 is 1.61 bits per heavy atom. The number of nitrogens with zero attached hydrogens (tertiary/aromatic N) is 2. The fourth-order valence-corrected chi connectivity index (χ4v) is 2.99. The molecule has 0 atom stereocenters. The van der Waals surface area contributed by atoms with Crippen LogP contribution in [0.3, 0.4) is 0 Å². The average molecular weight is 403 g/mol. The van der Waals surface area contributed by atoms with E-state index in [9.17, 15) is 25.0 Å². The van der Waals surface area contributed by atoms with Crippen molar-refractivity contribution in [2.75, 3.05) is 13.1 Å². The quantitative estimate of drug-likeness (QED) is 0.340. The lowest BCUT2D eigenvalue weighted by Gasteiger charge is -2.22. The molecule has 1 saturated heterocycles. The van der Waals surface area contributed by atoms with Crippen molar-refractivity contribution < 1.29 is 14.6 Å². The molecule has 0 amide bonds. The summed E-state index contributed by atoms with van der Waals surface area (Å²) in [7, 11) is 0. The molecule has 0 saturated carbocycles. The second kappa shape index (κ2) is 8.05. The van der Waals surface area contributed by atoms with Crippen LogP contribution >= 0.6 is 11.6 Å². The number of ketones is 1. The number of nitro benzene ring substituents is 2. The molecule has 2 N–H and O–H groups in total. The maximum absolute atomic E-state index is 13.2. The van der Waals surface area contributed by atoms with Crippen LogP contribution in [-0.4, -0.2) is 28.7 Å².